The summed E-state index contributed by atoms with van der Waals surface area (Å²) in [4.78, 5) is 12.1. The molecule has 0 atom stereocenters. The van der Waals surface area contributed by atoms with Crippen LogP contribution in [-0.2, 0) is 10.2 Å². The van der Waals surface area contributed by atoms with Crippen molar-refractivity contribution in [2.45, 2.75) is 71.1 Å². The third kappa shape index (κ3) is 6.16. The first-order valence-corrected chi connectivity index (χ1v) is 11.1. The highest BCUT2D eigenvalue weighted by Crippen LogP contribution is 2.32. The second kappa shape index (κ2) is 9.88. The van der Waals surface area contributed by atoms with Gasteiger partial charge in [-0.2, -0.15) is 5.10 Å². The van der Waals surface area contributed by atoms with Crippen LogP contribution in [0.2, 0.25) is 0 Å². The third-order valence-electron chi connectivity index (χ3n) is 5.94. The van der Waals surface area contributed by atoms with Gasteiger partial charge in [-0.1, -0.05) is 88.6 Å². The zero-order chi connectivity index (χ0) is 21.6. The fourth-order valence-electron chi connectivity index (χ4n) is 3.94. The first kappa shape index (κ1) is 22.0. The monoisotopic (exact) mass is 402 g/mol. The number of nitrogens with zero attached hydrogens (tertiary/aromatic N) is 1. The molecule has 158 valence electrons. The molecule has 2 aromatic rings. The van der Waals surface area contributed by atoms with Gasteiger partial charge in [0.05, 0.1) is 5.71 Å². The summed E-state index contributed by atoms with van der Waals surface area (Å²) in [6.07, 6.45) is 9.99. The predicted octanol–water partition coefficient (Wildman–Crippen LogP) is 6.59. The molecule has 0 heterocycles. The van der Waals surface area contributed by atoms with Gasteiger partial charge in [0.15, 0.2) is 0 Å². The van der Waals surface area contributed by atoms with Crippen LogP contribution in [0.5, 0.6) is 0 Å². The van der Waals surface area contributed by atoms with E-state index in [-0.39, 0.29) is 11.3 Å². The summed E-state index contributed by atoms with van der Waals surface area (Å²) in [5, 5.41) is 4.26. The summed E-state index contributed by atoms with van der Waals surface area (Å²) in [5.41, 5.74) is 8.30. The lowest BCUT2D eigenvalue weighted by atomic mass is 9.84. The quantitative estimate of drug-likeness (QED) is 0.342. The second-order valence-corrected chi connectivity index (χ2v) is 9.34. The summed E-state index contributed by atoms with van der Waals surface area (Å²) in [7, 11) is 0. The number of rotatable bonds is 5. The van der Waals surface area contributed by atoms with Gasteiger partial charge in [-0.05, 0) is 59.4 Å². The summed E-state index contributed by atoms with van der Waals surface area (Å²) < 4.78 is 0. The molecule has 0 spiro atoms. The van der Waals surface area contributed by atoms with Crippen LogP contribution in [0.15, 0.2) is 59.7 Å². The van der Waals surface area contributed by atoms with E-state index in [4.69, 9.17) is 0 Å². The molecule has 3 heteroatoms. The molecule has 1 fully saturated rings. The average Bonchev–Trinajstić information content (AvgIpc) is 2.76. The number of hydrazone groups is 1. The number of carbonyl (C=O) groups is 1. The molecule has 1 amide bonds. The van der Waals surface area contributed by atoms with Gasteiger partial charge in [0.2, 0.25) is 0 Å². The lowest BCUT2D eigenvalue weighted by Gasteiger charge is -2.22. The van der Waals surface area contributed by atoms with Crippen molar-refractivity contribution in [3.05, 3.63) is 76.9 Å². The summed E-state index contributed by atoms with van der Waals surface area (Å²) >= 11 is 0. The lowest BCUT2D eigenvalue weighted by molar-refractivity contribution is -0.116. The van der Waals surface area contributed by atoms with Crippen molar-refractivity contribution < 1.29 is 4.79 Å². The van der Waals surface area contributed by atoms with E-state index in [1.165, 1.54) is 49.3 Å². The van der Waals surface area contributed by atoms with E-state index in [2.05, 4.69) is 67.7 Å². The van der Waals surface area contributed by atoms with Gasteiger partial charge in [0.25, 0.3) is 5.91 Å². The number of hydrogen-bond donors (Lipinski definition) is 1. The first-order chi connectivity index (χ1) is 14.3. The minimum atomic E-state index is -0.229. The highest BCUT2D eigenvalue weighted by molar-refractivity contribution is 6.00. The highest BCUT2D eigenvalue weighted by atomic mass is 16.2. The van der Waals surface area contributed by atoms with Crippen molar-refractivity contribution in [3.63, 3.8) is 0 Å². The zero-order valence-electron chi connectivity index (χ0n) is 18.7. The molecular weight excluding hydrogens is 368 g/mol. The van der Waals surface area contributed by atoms with E-state index in [1.54, 1.807) is 0 Å². The normalized spacial score (nSPS) is 16.1. The summed E-state index contributed by atoms with van der Waals surface area (Å²) in [5.74, 6) is 0.473. The third-order valence-corrected chi connectivity index (χ3v) is 5.94. The Morgan fingerprint density at radius 2 is 1.60 bits per heavy atom. The fourth-order valence-corrected chi connectivity index (χ4v) is 3.94. The molecule has 0 saturated heterocycles. The van der Waals surface area contributed by atoms with Gasteiger partial charge in [-0.3, -0.25) is 4.79 Å². The van der Waals surface area contributed by atoms with E-state index >= 15 is 0 Å². The maximum atomic E-state index is 12.1. The van der Waals surface area contributed by atoms with E-state index in [1.807, 2.05) is 25.1 Å². The van der Waals surface area contributed by atoms with Gasteiger partial charge in [-0.25, -0.2) is 5.43 Å². The van der Waals surface area contributed by atoms with Crippen LogP contribution in [0.3, 0.4) is 0 Å². The largest absolute Gasteiger partial charge is 0.268 e. The van der Waals surface area contributed by atoms with E-state index in [0.29, 0.717) is 5.92 Å². The lowest BCUT2D eigenvalue weighted by Crippen LogP contribution is -2.16. The number of benzene rings is 2. The van der Waals surface area contributed by atoms with Crippen molar-refractivity contribution in [2.75, 3.05) is 0 Å². The standard InChI is InChI=1S/C27H34N2O/c1-20(22-13-15-24(16-14-22)23-8-6-5-7-9-23)28-29-26(30)19-12-21-10-17-25(18-11-21)27(2,3)4/h10-19,23H,5-9H2,1-4H3,(H,29,30)/b19-12+,28-20+. The molecule has 0 radical (unpaired) electrons. The van der Waals surface area contributed by atoms with Crippen LogP contribution in [0, 0.1) is 0 Å². The molecule has 2 aromatic carbocycles. The van der Waals surface area contributed by atoms with Crippen molar-refractivity contribution in [3.8, 4) is 0 Å². The van der Waals surface area contributed by atoms with Crippen molar-refractivity contribution in [1.29, 1.82) is 0 Å². The minimum Gasteiger partial charge on any atom is -0.268 e. The SMILES string of the molecule is C/C(=N\NC(=O)/C=C/c1ccc(C(C)(C)C)cc1)c1ccc(C2CCCCC2)cc1. The van der Waals surface area contributed by atoms with Crippen LogP contribution in [-0.4, -0.2) is 11.6 Å². The average molecular weight is 403 g/mol. The van der Waals surface area contributed by atoms with E-state index < -0.39 is 0 Å². The molecule has 3 nitrogen and oxygen atoms in total. The molecular formula is C27H34N2O. The van der Waals surface area contributed by atoms with E-state index in [0.717, 1.165) is 16.8 Å². The first-order valence-electron chi connectivity index (χ1n) is 11.1. The molecule has 1 N–H and O–H groups in total. The minimum absolute atomic E-state index is 0.125. The number of nitrogens with one attached hydrogen (secondary N) is 1. The van der Waals surface area contributed by atoms with Crippen molar-refractivity contribution in [1.82, 2.24) is 5.43 Å². The molecule has 0 aromatic heterocycles. The molecule has 0 bridgehead atoms. The van der Waals surface area contributed by atoms with Crippen LogP contribution in [0.25, 0.3) is 6.08 Å². The number of amides is 1. The molecule has 1 saturated carbocycles. The molecule has 3 rings (SSSR count). The van der Waals surface area contributed by atoms with Gasteiger partial charge < -0.3 is 0 Å². The maximum absolute atomic E-state index is 12.1. The fraction of sp³-hybridized carbons (Fsp3) is 0.407. The topological polar surface area (TPSA) is 41.5 Å². The Bertz CT molecular complexity index is 893. The Balaban J connectivity index is 1.55. The highest BCUT2D eigenvalue weighted by Gasteiger charge is 2.15. The summed E-state index contributed by atoms with van der Waals surface area (Å²) in [6, 6.07) is 16.9. The number of carbonyl (C=O) groups excluding carboxylic acids is 1. The Labute approximate surface area is 181 Å². The van der Waals surface area contributed by atoms with Crippen molar-refractivity contribution >= 4 is 17.7 Å². The molecule has 0 unspecified atom stereocenters. The molecule has 1 aliphatic carbocycles. The Morgan fingerprint density at radius 1 is 0.967 bits per heavy atom. The zero-order valence-corrected chi connectivity index (χ0v) is 18.7. The maximum Gasteiger partial charge on any atom is 0.264 e. The Kier molecular flexibility index (Phi) is 7.25. The molecule has 0 aliphatic heterocycles. The number of hydrogen-bond acceptors (Lipinski definition) is 2. The predicted molar refractivity (Wildman–Crippen MR) is 127 cm³/mol. The van der Waals surface area contributed by atoms with Crippen LogP contribution < -0.4 is 5.43 Å². The van der Waals surface area contributed by atoms with Gasteiger partial charge in [-0.15, -0.1) is 0 Å². The summed E-state index contributed by atoms with van der Waals surface area (Å²) in [6.45, 7) is 8.49. The van der Waals surface area contributed by atoms with Gasteiger partial charge >= 0.3 is 0 Å². The van der Waals surface area contributed by atoms with E-state index in [9.17, 15) is 4.79 Å². The molecule has 30 heavy (non-hydrogen) atoms. The van der Waals surface area contributed by atoms with Gasteiger partial charge in [0, 0.05) is 6.08 Å². The van der Waals surface area contributed by atoms with Crippen molar-refractivity contribution in [2.24, 2.45) is 5.10 Å². The van der Waals surface area contributed by atoms with Crippen LogP contribution in [0.1, 0.15) is 88.0 Å². The Morgan fingerprint density at radius 3 is 2.20 bits per heavy atom. The van der Waals surface area contributed by atoms with Crippen LogP contribution in [0.4, 0.5) is 0 Å². The second-order valence-electron chi connectivity index (χ2n) is 9.34. The van der Waals surface area contributed by atoms with Gasteiger partial charge in [0.1, 0.15) is 0 Å². The Hall–Kier alpha value is -2.68. The smallest absolute Gasteiger partial charge is 0.264 e. The van der Waals surface area contributed by atoms with Crippen LogP contribution >= 0.6 is 0 Å². The molecule has 1 aliphatic rings.